The molecule has 0 bridgehead atoms. The Morgan fingerprint density at radius 3 is 2.94 bits per heavy atom. The van der Waals surface area contributed by atoms with Gasteiger partial charge >= 0.3 is 0 Å². The number of H-pyrrole nitrogens is 1. The Morgan fingerprint density at radius 1 is 1.29 bits per heavy atom. The Kier molecular flexibility index (Phi) is 2.12. The highest BCUT2D eigenvalue weighted by atomic mass is 35.5. The molecular formula is C9H5ClN6O. The number of fused-ring (bicyclic) bond motifs is 1. The number of halogens is 1. The van der Waals surface area contributed by atoms with Crippen molar-refractivity contribution in [3.05, 3.63) is 40.0 Å². The molecule has 8 heteroatoms. The summed E-state index contributed by atoms with van der Waals surface area (Å²) in [5, 5.41) is 14.4. The van der Waals surface area contributed by atoms with E-state index in [-0.39, 0.29) is 5.56 Å². The van der Waals surface area contributed by atoms with Crippen molar-refractivity contribution in [1.82, 2.24) is 29.8 Å². The average Bonchev–Trinajstić information content (AvgIpc) is 2.73. The van der Waals surface area contributed by atoms with E-state index < -0.39 is 0 Å². The molecule has 3 heterocycles. The third kappa shape index (κ3) is 1.66. The lowest BCUT2D eigenvalue weighted by Crippen LogP contribution is -2.06. The van der Waals surface area contributed by atoms with Gasteiger partial charge in [-0.15, -0.1) is 10.2 Å². The molecule has 3 aromatic heterocycles. The summed E-state index contributed by atoms with van der Waals surface area (Å²) in [5.41, 5.74) is 0.790. The number of rotatable bonds is 1. The van der Waals surface area contributed by atoms with E-state index in [1.165, 1.54) is 12.4 Å². The molecule has 0 amide bonds. The van der Waals surface area contributed by atoms with Crippen LogP contribution in [0, 0.1) is 0 Å². The summed E-state index contributed by atoms with van der Waals surface area (Å²) in [6.45, 7) is 0. The molecule has 0 saturated carbocycles. The van der Waals surface area contributed by atoms with Crippen molar-refractivity contribution >= 4 is 17.2 Å². The lowest BCUT2D eigenvalue weighted by atomic mass is 10.4. The molecule has 0 spiro atoms. The fourth-order valence-electron chi connectivity index (χ4n) is 1.42. The number of hydrogen-bond donors (Lipinski definition) is 1. The van der Waals surface area contributed by atoms with Crippen molar-refractivity contribution in [2.45, 2.75) is 0 Å². The van der Waals surface area contributed by atoms with Crippen molar-refractivity contribution in [1.29, 1.82) is 0 Å². The maximum absolute atomic E-state index is 10.9. The van der Waals surface area contributed by atoms with Gasteiger partial charge in [0, 0.05) is 12.1 Å². The zero-order valence-corrected chi connectivity index (χ0v) is 9.09. The summed E-state index contributed by atoms with van der Waals surface area (Å²) in [5.74, 6) is 0.486. The first kappa shape index (κ1) is 9.91. The molecule has 17 heavy (non-hydrogen) atoms. The summed E-state index contributed by atoms with van der Waals surface area (Å²) in [6.07, 6.45) is 1.50. The lowest BCUT2D eigenvalue weighted by Gasteiger charge is -1.97. The maximum Gasteiger partial charge on any atom is 0.264 e. The Balaban J connectivity index is 2.24. The molecule has 0 aliphatic heterocycles. The second-order valence-electron chi connectivity index (χ2n) is 3.27. The van der Waals surface area contributed by atoms with Gasteiger partial charge in [-0.25, -0.2) is 10.1 Å². The fourth-order valence-corrected chi connectivity index (χ4v) is 1.56. The minimum atomic E-state index is -0.274. The monoisotopic (exact) mass is 248 g/mol. The van der Waals surface area contributed by atoms with Gasteiger partial charge in [0.15, 0.2) is 11.5 Å². The molecule has 0 fully saturated rings. The fraction of sp³-hybridized carbons (Fsp3) is 0. The highest BCUT2D eigenvalue weighted by molar-refractivity contribution is 6.29. The predicted molar refractivity (Wildman–Crippen MR) is 59.6 cm³/mol. The van der Waals surface area contributed by atoms with Crippen molar-refractivity contribution < 1.29 is 0 Å². The van der Waals surface area contributed by atoms with Crippen LogP contribution in [0.3, 0.4) is 0 Å². The Hall–Kier alpha value is -2.28. The number of aromatic amines is 1. The van der Waals surface area contributed by atoms with Crippen LogP contribution >= 0.6 is 11.6 Å². The lowest BCUT2D eigenvalue weighted by molar-refractivity contribution is 0.965. The number of nitrogens with one attached hydrogen (secondary N) is 1. The van der Waals surface area contributed by atoms with Gasteiger partial charge in [-0.3, -0.25) is 9.20 Å². The molecule has 1 N–H and O–H groups in total. The van der Waals surface area contributed by atoms with E-state index in [9.17, 15) is 4.79 Å². The summed E-state index contributed by atoms with van der Waals surface area (Å²) < 4.78 is 1.63. The van der Waals surface area contributed by atoms with E-state index in [0.717, 1.165) is 0 Å². The van der Waals surface area contributed by atoms with E-state index in [1.54, 1.807) is 16.5 Å². The Bertz CT molecular complexity index is 728. The van der Waals surface area contributed by atoms with Gasteiger partial charge in [-0.05, 0) is 6.07 Å². The summed E-state index contributed by atoms with van der Waals surface area (Å²) >= 11 is 5.74. The van der Waals surface area contributed by atoms with Crippen LogP contribution in [0.4, 0.5) is 0 Å². The number of nitrogens with zero attached hydrogens (tertiary/aromatic N) is 5. The molecule has 0 aliphatic rings. The Morgan fingerprint density at radius 2 is 2.18 bits per heavy atom. The molecule has 0 saturated heterocycles. The van der Waals surface area contributed by atoms with E-state index in [4.69, 9.17) is 11.6 Å². The maximum atomic E-state index is 10.9. The minimum absolute atomic E-state index is 0.274. The van der Waals surface area contributed by atoms with Crippen LogP contribution in [0.25, 0.3) is 17.2 Å². The molecule has 0 aliphatic carbocycles. The molecular weight excluding hydrogens is 244 g/mol. The average molecular weight is 249 g/mol. The first-order valence-corrected chi connectivity index (χ1v) is 5.04. The smallest absolute Gasteiger partial charge is 0.264 e. The largest absolute Gasteiger partial charge is 0.268 e. The number of hydrogen-bond acceptors (Lipinski definition) is 5. The van der Waals surface area contributed by atoms with Crippen molar-refractivity contribution in [3.8, 4) is 11.5 Å². The summed E-state index contributed by atoms with van der Waals surface area (Å²) in [6, 6.07) is 4.51. The van der Waals surface area contributed by atoms with Crippen LogP contribution in [0.1, 0.15) is 0 Å². The highest BCUT2D eigenvalue weighted by Gasteiger charge is 2.09. The second-order valence-corrected chi connectivity index (χ2v) is 3.66. The van der Waals surface area contributed by atoms with Gasteiger partial charge in [0.05, 0.1) is 0 Å². The zero-order valence-electron chi connectivity index (χ0n) is 8.33. The molecule has 0 aromatic carbocycles. The standard InChI is InChI=1S/C9H5ClN6O/c10-6-3-7-13-15-9(16(7)4-11-6)5-1-2-8(17)14-12-5/h1-4H,(H,14,17). The van der Waals surface area contributed by atoms with Crippen LogP contribution in [0.2, 0.25) is 5.15 Å². The number of aromatic nitrogens is 6. The van der Waals surface area contributed by atoms with E-state index in [0.29, 0.717) is 22.3 Å². The van der Waals surface area contributed by atoms with Crippen LogP contribution < -0.4 is 5.56 Å². The van der Waals surface area contributed by atoms with Crippen LogP contribution in [-0.2, 0) is 0 Å². The van der Waals surface area contributed by atoms with Crippen molar-refractivity contribution in [2.75, 3.05) is 0 Å². The summed E-state index contributed by atoms with van der Waals surface area (Å²) in [4.78, 5) is 14.8. The third-order valence-corrected chi connectivity index (χ3v) is 2.38. The van der Waals surface area contributed by atoms with Gasteiger partial charge in [0.1, 0.15) is 17.2 Å². The second kappa shape index (κ2) is 3.63. The quantitative estimate of drug-likeness (QED) is 0.635. The molecule has 3 aromatic rings. The molecule has 0 atom stereocenters. The molecule has 0 radical (unpaired) electrons. The van der Waals surface area contributed by atoms with Crippen LogP contribution in [0.5, 0.6) is 0 Å². The summed E-state index contributed by atoms with van der Waals surface area (Å²) in [7, 11) is 0. The third-order valence-electron chi connectivity index (χ3n) is 2.18. The SMILES string of the molecule is O=c1ccc(-c2nnc3cc(Cl)ncn23)n[nH]1. The highest BCUT2D eigenvalue weighted by Crippen LogP contribution is 2.15. The van der Waals surface area contributed by atoms with E-state index in [2.05, 4.69) is 25.4 Å². The first-order valence-electron chi connectivity index (χ1n) is 4.66. The zero-order chi connectivity index (χ0) is 11.8. The molecule has 84 valence electrons. The predicted octanol–water partition coefficient (Wildman–Crippen LogP) is 0.528. The van der Waals surface area contributed by atoms with Crippen molar-refractivity contribution in [3.63, 3.8) is 0 Å². The van der Waals surface area contributed by atoms with Crippen LogP contribution in [-0.4, -0.2) is 29.8 Å². The molecule has 0 unspecified atom stereocenters. The van der Waals surface area contributed by atoms with Gasteiger partial charge in [0.2, 0.25) is 0 Å². The normalized spacial score (nSPS) is 10.9. The Labute approximate surface area is 99.1 Å². The van der Waals surface area contributed by atoms with Gasteiger partial charge < -0.3 is 0 Å². The van der Waals surface area contributed by atoms with E-state index >= 15 is 0 Å². The van der Waals surface area contributed by atoms with Gasteiger partial charge in [-0.2, -0.15) is 5.10 Å². The minimum Gasteiger partial charge on any atom is -0.268 e. The van der Waals surface area contributed by atoms with E-state index in [1.807, 2.05) is 0 Å². The van der Waals surface area contributed by atoms with Crippen LogP contribution in [0.15, 0.2) is 29.3 Å². The van der Waals surface area contributed by atoms with Gasteiger partial charge in [0.25, 0.3) is 5.56 Å². The topological polar surface area (TPSA) is 88.8 Å². The molecule has 7 nitrogen and oxygen atoms in total. The molecule has 3 rings (SSSR count). The van der Waals surface area contributed by atoms with Gasteiger partial charge in [-0.1, -0.05) is 11.6 Å². The van der Waals surface area contributed by atoms with Crippen molar-refractivity contribution in [2.24, 2.45) is 0 Å². The first-order chi connectivity index (χ1) is 8.24.